The van der Waals surface area contributed by atoms with Crippen LogP contribution in [0.5, 0.6) is 0 Å². The van der Waals surface area contributed by atoms with E-state index in [1.54, 1.807) is 5.57 Å². The minimum atomic E-state index is -0.0991. The van der Waals surface area contributed by atoms with Crippen molar-refractivity contribution >= 4 is 62.8 Å². The lowest BCUT2D eigenvalue weighted by Gasteiger charge is -2.48. The van der Waals surface area contributed by atoms with Crippen LogP contribution in [0.4, 0.5) is 34.1 Å². The van der Waals surface area contributed by atoms with Crippen LogP contribution in [0.25, 0.3) is 50.1 Å². The Hall–Kier alpha value is -8.92. The maximum atomic E-state index is 2.62. The number of rotatable bonds is 7. The van der Waals surface area contributed by atoms with E-state index in [0.29, 0.717) is 17.8 Å². The second-order valence-corrected chi connectivity index (χ2v) is 27.8. The van der Waals surface area contributed by atoms with Crippen molar-refractivity contribution < 1.29 is 0 Å². The first-order valence-electron chi connectivity index (χ1n) is 30.8. The van der Waals surface area contributed by atoms with Crippen molar-refractivity contribution in [2.75, 3.05) is 9.80 Å². The van der Waals surface area contributed by atoms with Crippen molar-refractivity contribution in [3.8, 4) is 44.5 Å². The van der Waals surface area contributed by atoms with Gasteiger partial charge in [-0.1, -0.05) is 268 Å². The number of anilines is 6. The second kappa shape index (κ2) is 19.9. The molecule has 0 N–H and O–H groups in total. The molecule has 0 radical (unpaired) electrons. The lowest BCUT2D eigenvalue weighted by molar-refractivity contribution is 0.328. The van der Waals surface area contributed by atoms with Gasteiger partial charge in [-0.25, -0.2) is 0 Å². The van der Waals surface area contributed by atoms with Crippen LogP contribution in [0.3, 0.4) is 0 Å². The van der Waals surface area contributed by atoms with E-state index in [1.165, 1.54) is 123 Å². The second-order valence-electron chi connectivity index (χ2n) is 27.8. The third kappa shape index (κ3) is 9.09. The smallest absolute Gasteiger partial charge is 0.252 e. The first-order valence-corrected chi connectivity index (χ1v) is 30.8. The van der Waals surface area contributed by atoms with Crippen LogP contribution in [0, 0.1) is 28.6 Å². The number of benzene rings is 9. The Morgan fingerprint density at radius 1 is 0.388 bits per heavy atom. The number of allylic oxidation sites excluding steroid dienone is 12. The fraction of sp³-hybridized carbons (Fsp3) is 0.195. The molecule has 3 atom stereocenters. The zero-order chi connectivity index (χ0) is 58.1. The largest absolute Gasteiger partial charge is 0.311 e. The SMILES string of the molecule is CC(C)(C)C1=CC2=C(c3ccc4c(c3)B3c5ccc(-c6ccccc6)cc5N(c5ccc(-c6ccccc6)cc5)c5cc(-c6ccc(C(C)(C)C)cc6)cc(c53)N4c3ccc(-c4ccccc4)cc3)C=C3C=C(C(C)(C)C)CC4C=CC(=C1)C2C34. The van der Waals surface area contributed by atoms with Gasteiger partial charge in [0.05, 0.1) is 0 Å². The molecule has 0 bridgehead atoms. The number of hydrogen-bond acceptors (Lipinski definition) is 2. The third-order valence-corrected chi connectivity index (χ3v) is 19.4. The Balaban J connectivity index is 1.02. The van der Waals surface area contributed by atoms with Crippen molar-refractivity contribution in [1.82, 2.24) is 0 Å². The third-order valence-electron chi connectivity index (χ3n) is 19.4. The van der Waals surface area contributed by atoms with Crippen LogP contribution >= 0.6 is 0 Å². The van der Waals surface area contributed by atoms with Crippen molar-refractivity contribution in [2.24, 2.45) is 28.6 Å². The first kappa shape index (κ1) is 52.9. The molecule has 9 aromatic carbocycles. The van der Waals surface area contributed by atoms with Gasteiger partial charge in [-0.05, 0) is 177 Å². The predicted molar refractivity (Wildman–Crippen MR) is 363 cm³/mol. The number of nitrogens with zero attached hydrogens (tertiary/aromatic N) is 2. The summed E-state index contributed by atoms with van der Waals surface area (Å²) in [6.45, 7) is 21.1. The minimum absolute atomic E-state index is 0.0191. The fourth-order valence-corrected chi connectivity index (χ4v) is 14.7. The summed E-state index contributed by atoms with van der Waals surface area (Å²) in [5.41, 5.74) is 31.9. The summed E-state index contributed by atoms with van der Waals surface area (Å²) in [7, 11) is 0. The molecule has 2 nitrogen and oxygen atoms in total. The monoisotopic (exact) mass is 1100 g/mol. The lowest BCUT2D eigenvalue weighted by Crippen LogP contribution is -2.61. The fourth-order valence-electron chi connectivity index (χ4n) is 14.7. The highest BCUT2D eigenvalue weighted by Crippen LogP contribution is 2.57. The minimum Gasteiger partial charge on any atom is -0.311 e. The van der Waals surface area contributed by atoms with E-state index in [9.17, 15) is 0 Å². The molecule has 9 aromatic rings. The van der Waals surface area contributed by atoms with E-state index >= 15 is 0 Å². The molecule has 414 valence electrons. The van der Waals surface area contributed by atoms with E-state index in [-0.39, 0.29) is 23.0 Å². The summed E-state index contributed by atoms with van der Waals surface area (Å²) in [5.74, 6) is 1.17. The molecule has 0 amide bonds. The highest BCUT2D eigenvalue weighted by molar-refractivity contribution is 7.00. The van der Waals surface area contributed by atoms with Gasteiger partial charge in [0.2, 0.25) is 0 Å². The molecule has 6 aliphatic rings. The Bertz CT molecular complexity index is 4340. The van der Waals surface area contributed by atoms with Gasteiger partial charge in [0, 0.05) is 46.0 Å². The molecule has 0 saturated heterocycles. The summed E-state index contributed by atoms with van der Waals surface area (Å²) < 4.78 is 0. The molecule has 2 heterocycles. The molecule has 0 saturated carbocycles. The van der Waals surface area contributed by atoms with Crippen LogP contribution in [0.1, 0.15) is 79.9 Å². The normalized spacial score (nSPS) is 18.4. The van der Waals surface area contributed by atoms with Gasteiger partial charge in [0.25, 0.3) is 6.71 Å². The van der Waals surface area contributed by atoms with Gasteiger partial charge in [-0.2, -0.15) is 0 Å². The van der Waals surface area contributed by atoms with Gasteiger partial charge in [-0.3, -0.25) is 0 Å². The van der Waals surface area contributed by atoms with Crippen LogP contribution in [-0.2, 0) is 5.41 Å². The van der Waals surface area contributed by atoms with Gasteiger partial charge in [-0.15, -0.1) is 0 Å². The Labute approximate surface area is 504 Å². The van der Waals surface area contributed by atoms with Gasteiger partial charge >= 0.3 is 0 Å². The zero-order valence-corrected chi connectivity index (χ0v) is 50.6. The molecule has 3 heteroatoms. The molecule has 4 aliphatic carbocycles. The van der Waals surface area contributed by atoms with E-state index in [0.717, 1.165) is 17.8 Å². The molecular formula is C82H73BN2. The average Bonchev–Trinajstić information content (AvgIpc) is 0.843. The number of fused-ring (bicyclic) bond motifs is 4. The van der Waals surface area contributed by atoms with E-state index in [1.807, 2.05) is 0 Å². The summed E-state index contributed by atoms with van der Waals surface area (Å²) in [6.07, 6.45) is 16.5. The van der Waals surface area contributed by atoms with E-state index in [4.69, 9.17) is 0 Å². The van der Waals surface area contributed by atoms with E-state index < -0.39 is 0 Å². The zero-order valence-electron chi connectivity index (χ0n) is 50.6. The summed E-state index contributed by atoms with van der Waals surface area (Å²) in [5, 5.41) is 0. The summed E-state index contributed by atoms with van der Waals surface area (Å²) in [6, 6.07) is 80.3. The van der Waals surface area contributed by atoms with Crippen LogP contribution in [0.2, 0.25) is 0 Å². The molecule has 0 aromatic heterocycles. The highest BCUT2D eigenvalue weighted by atomic mass is 15.2. The predicted octanol–water partition coefficient (Wildman–Crippen LogP) is 20.1. The quantitative estimate of drug-likeness (QED) is 0.147. The van der Waals surface area contributed by atoms with Crippen molar-refractivity contribution in [3.05, 3.63) is 288 Å². The molecule has 0 fully saturated rings. The Morgan fingerprint density at radius 3 is 1.46 bits per heavy atom. The summed E-state index contributed by atoms with van der Waals surface area (Å²) >= 11 is 0. The molecule has 85 heavy (non-hydrogen) atoms. The number of hydrogen-bond donors (Lipinski definition) is 0. The molecule has 2 aliphatic heterocycles. The average molecular weight is 1100 g/mol. The molecule has 0 spiro atoms. The van der Waals surface area contributed by atoms with Crippen LogP contribution in [0.15, 0.2) is 277 Å². The molecular weight excluding hydrogens is 1020 g/mol. The maximum absolute atomic E-state index is 2.62. The van der Waals surface area contributed by atoms with E-state index in [2.05, 4.69) is 321 Å². The summed E-state index contributed by atoms with van der Waals surface area (Å²) in [4.78, 5) is 5.18. The van der Waals surface area contributed by atoms with Crippen molar-refractivity contribution in [3.63, 3.8) is 0 Å². The highest BCUT2D eigenvalue weighted by Gasteiger charge is 2.47. The van der Waals surface area contributed by atoms with Gasteiger partial charge < -0.3 is 9.80 Å². The maximum Gasteiger partial charge on any atom is 0.252 e. The van der Waals surface area contributed by atoms with Crippen molar-refractivity contribution in [2.45, 2.75) is 74.1 Å². The Morgan fingerprint density at radius 2 is 0.894 bits per heavy atom. The Kier molecular flexibility index (Phi) is 12.3. The van der Waals surface area contributed by atoms with Crippen molar-refractivity contribution in [1.29, 1.82) is 0 Å². The standard InChI is InChI=1S/C82H73BN2/c1-80(2,3)64-35-27-57(28-36-64)62-49-75-79-76(50-62)85(68-39-31-56(32-40-68)53-21-15-11-16-22-53)74-48-58(54-23-17-12-18-24-54)33-41-71(74)83(79)72-47-59(34-42-73(72)84(75)67-37-29-55(30-38-67)52-19-13-10-14-20-52)69-46-63-45-65(81(4,5)6)43-60-25-26-61-44-66(82(7,8)9)51-70(69)78(61)77(60)63/h10-42,44-51,60,77-78H,43H2,1-9H3. The molecule has 15 rings (SSSR count). The molecule has 3 unspecified atom stereocenters. The first-order chi connectivity index (χ1) is 41.0. The van der Waals surface area contributed by atoms with Crippen LogP contribution in [-0.4, -0.2) is 6.71 Å². The topological polar surface area (TPSA) is 6.48 Å². The van der Waals surface area contributed by atoms with Gasteiger partial charge in [0.1, 0.15) is 0 Å². The van der Waals surface area contributed by atoms with Gasteiger partial charge in [0.15, 0.2) is 0 Å². The lowest BCUT2D eigenvalue weighted by atomic mass is 9.33. The van der Waals surface area contributed by atoms with Crippen LogP contribution < -0.4 is 26.2 Å².